The number of H-pyrrole nitrogens is 1. The lowest BCUT2D eigenvalue weighted by atomic mass is 10.0. The summed E-state index contributed by atoms with van der Waals surface area (Å²) < 4.78 is 13.2. The van der Waals surface area contributed by atoms with Gasteiger partial charge in [0.1, 0.15) is 10.6 Å². The minimum absolute atomic E-state index is 0.117. The number of halogens is 1. The van der Waals surface area contributed by atoms with Crippen molar-refractivity contribution in [3.05, 3.63) is 45.3 Å². The highest BCUT2D eigenvalue weighted by Gasteiger charge is 2.17. The number of thiophene rings is 1. The fourth-order valence-electron chi connectivity index (χ4n) is 2.71. The van der Waals surface area contributed by atoms with E-state index >= 15 is 0 Å². The topological polar surface area (TPSA) is 89.8 Å². The Labute approximate surface area is 169 Å². The second-order valence-electron chi connectivity index (χ2n) is 6.10. The summed E-state index contributed by atoms with van der Waals surface area (Å²) in [5.74, 6) is -0.362. The summed E-state index contributed by atoms with van der Waals surface area (Å²) >= 11 is 2.54. The van der Waals surface area contributed by atoms with E-state index in [0.717, 1.165) is 27.8 Å². The molecule has 0 bridgehead atoms. The van der Waals surface area contributed by atoms with Crippen molar-refractivity contribution < 1.29 is 9.18 Å². The summed E-state index contributed by atoms with van der Waals surface area (Å²) in [5.41, 5.74) is 1.21. The largest absolute Gasteiger partial charge is 0.344 e. The van der Waals surface area contributed by atoms with Crippen LogP contribution in [0.25, 0.3) is 21.3 Å². The quantitative estimate of drug-likeness (QED) is 0.490. The van der Waals surface area contributed by atoms with Gasteiger partial charge in [-0.15, -0.1) is 11.3 Å². The number of aromatic nitrogens is 2. The van der Waals surface area contributed by atoms with Crippen molar-refractivity contribution in [3.63, 3.8) is 0 Å². The second kappa shape index (κ2) is 8.54. The number of fused-ring (bicyclic) bond motifs is 1. The Kier molecular flexibility index (Phi) is 6.11. The van der Waals surface area contributed by atoms with Crippen molar-refractivity contribution in [1.82, 2.24) is 14.9 Å². The number of benzene rings is 1. The highest BCUT2D eigenvalue weighted by molar-refractivity contribution is 7.99. The van der Waals surface area contributed by atoms with Gasteiger partial charge in [0.25, 0.3) is 5.56 Å². The molecule has 28 heavy (non-hydrogen) atoms. The Morgan fingerprint density at radius 3 is 2.79 bits per heavy atom. The second-order valence-corrected chi connectivity index (χ2v) is 8.27. The van der Waals surface area contributed by atoms with Crippen LogP contribution in [-0.4, -0.2) is 40.1 Å². The molecule has 144 valence electrons. The summed E-state index contributed by atoms with van der Waals surface area (Å²) in [5, 5.41) is 9.43. The van der Waals surface area contributed by atoms with E-state index in [1.165, 1.54) is 28.4 Å². The Bertz CT molecular complexity index is 1120. The number of nitrogens with zero attached hydrogens (tertiary/aromatic N) is 3. The molecule has 2 heterocycles. The van der Waals surface area contributed by atoms with Gasteiger partial charge in [-0.2, -0.15) is 5.26 Å². The number of amides is 1. The lowest BCUT2D eigenvalue weighted by Crippen LogP contribution is -2.29. The first kappa shape index (κ1) is 20.0. The normalized spacial score (nSPS) is 10.8. The van der Waals surface area contributed by atoms with E-state index < -0.39 is 0 Å². The van der Waals surface area contributed by atoms with Crippen LogP contribution in [-0.2, 0) is 4.79 Å². The van der Waals surface area contributed by atoms with Crippen molar-refractivity contribution in [3.8, 4) is 17.2 Å². The standard InChI is InChI=1S/C19H17FN4O2S2/c1-11-15(12-4-6-13(20)7-5-12)16-17(26)22-19(23-18(16)28-11)27-10-14(25)24(2)9-3-8-21/h4-7H,3,9-10H2,1-2H3,(H,22,23,26). The maximum absolute atomic E-state index is 13.2. The van der Waals surface area contributed by atoms with Gasteiger partial charge in [-0.1, -0.05) is 23.9 Å². The van der Waals surface area contributed by atoms with E-state index in [9.17, 15) is 14.0 Å². The SMILES string of the molecule is Cc1sc2nc(SCC(=O)N(C)CCC#N)[nH]c(=O)c2c1-c1ccc(F)cc1. The molecule has 0 aliphatic carbocycles. The first-order valence-corrected chi connectivity index (χ1v) is 10.2. The molecule has 0 aliphatic rings. The number of thioether (sulfide) groups is 1. The van der Waals surface area contributed by atoms with Gasteiger partial charge in [0, 0.05) is 24.0 Å². The number of nitriles is 1. The lowest BCUT2D eigenvalue weighted by Gasteiger charge is -2.14. The number of carbonyl (C=O) groups is 1. The molecule has 0 atom stereocenters. The zero-order valence-electron chi connectivity index (χ0n) is 15.3. The average molecular weight is 417 g/mol. The van der Waals surface area contributed by atoms with Crippen molar-refractivity contribution in [2.75, 3.05) is 19.3 Å². The third kappa shape index (κ3) is 4.24. The Hall–Kier alpha value is -2.70. The molecule has 1 aromatic carbocycles. The molecule has 6 nitrogen and oxygen atoms in total. The minimum atomic E-state index is -0.337. The molecule has 0 saturated heterocycles. The van der Waals surface area contributed by atoms with Crippen LogP contribution in [0.1, 0.15) is 11.3 Å². The molecule has 9 heteroatoms. The van der Waals surface area contributed by atoms with E-state index in [1.807, 2.05) is 13.0 Å². The van der Waals surface area contributed by atoms with Crippen LogP contribution in [0.15, 0.2) is 34.2 Å². The van der Waals surface area contributed by atoms with Crippen molar-refractivity contribution in [2.45, 2.75) is 18.5 Å². The summed E-state index contributed by atoms with van der Waals surface area (Å²) in [6, 6.07) is 8.00. The van der Waals surface area contributed by atoms with E-state index in [2.05, 4.69) is 9.97 Å². The molecule has 3 rings (SSSR count). The molecule has 0 saturated carbocycles. The molecule has 2 aromatic heterocycles. The summed E-state index contributed by atoms with van der Waals surface area (Å²) in [7, 11) is 1.64. The number of carbonyl (C=O) groups excluding carboxylic acids is 1. The maximum Gasteiger partial charge on any atom is 0.260 e. The van der Waals surface area contributed by atoms with Crippen LogP contribution in [0.4, 0.5) is 4.39 Å². The number of hydrogen-bond donors (Lipinski definition) is 1. The molecule has 0 unspecified atom stereocenters. The highest BCUT2D eigenvalue weighted by Crippen LogP contribution is 2.36. The van der Waals surface area contributed by atoms with Crippen LogP contribution in [0.5, 0.6) is 0 Å². The van der Waals surface area contributed by atoms with Gasteiger partial charge < -0.3 is 9.88 Å². The first-order chi connectivity index (χ1) is 13.4. The number of nitrogens with one attached hydrogen (secondary N) is 1. The predicted molar refractivity (Wildman–Crippen MR) is 109 cm³/mol. The first-order valence-electron chi connectivity index (χ1n) is 8.43. The van der Waals surface area contributed by atoms with Gasteiger partial charge >= 0.3 is 0 Å². The summed E-state index contributed by atoms with van der Waals surface area (Å²) in [6.45, 7) is 2.26. The molecule has 0 radical (unpaired) electrons. The van der Waals surface area contributed by atoms with E-state index in [0.29, 0.717) is 21.9 Å². The fraction of sp³-hybridized carbons (Fsp3) is 0.263. The molecule has 0 spiro atoms. The molecule has 0 fully saturated rings. The minimum Gasteiger partial charge on any atom is -0.344 e. The van der Waals surface area contributed by atoms with Crippen molar-refractivity contribution in [2.24, 2.45) is 0 Å². The summed E-state index contributed by atoms with van der Waals surface area (Å²) in [4.78, 5) is 35.0. The van der Waals surface area contributed by atoms with Crippen LogP contribution < -0.4 is 5.56 Å². The number of aryl methyl sites for hydroxylation is 1. The fourth-order valence-corrected chi connectivity index (χ4v) is 4.62. The van der Waals surface area contributed by atoms with Crippen molar-refractivity contribution in [1.29, 1.82) is 5.26 Å². The smallest absolute Gasteiger partial charge is 0.260 e. The highest BCUT2D eigenvalue weighted by atomic mass is 32.2. The molecular formula is C19H17FN4O2S2. The molecular weight excluding hydrogens is 399 g/mol. The van der Waals surface area contributed by atoms with E-state index in [-0.39, 0.29) is 29.5 Å². The number of rotatable bonds is 6. The molecule has 1 amide bonds. The van der Waals surface area contributed by atoms with E-state index in [4.69, 9.17) is 5.26 Å². The lowest BCUT2D eigenvalue weighted by molar-refractivity contribution is -0.127. The summed E-state index contributed by atoms with van der Waals surface area (Å²) in [6.07, 6.45) is 0.272. The molecule has 3 aromatic rings. The predicted octanol–water partition coefficient (Wildman–Crippen LogP) is 3.56. The Morgan fingerprint density at radius 1 is 1.39 bits per heavy atom. The maximum atomic E-state index is 13.2. The van der Waals surface area contributed by atoms with Crippen LogP contribution >= 0.6 is 23.1 Å². The van der Waals surface area contributed by atoms with Gasteiger partial charge in [0.05, 0.1) is 23.6 Å². The van der Waals surface area contributed by atoms with Crippen LogP contribution in [0.3, 0.4) is 0 Å². The third-order valence-corrected chi connectivity index (χ3v) is 6.02. The average Bonchev–Trinajstić information content (AvgIpc) is 3.01. The molecule has 0 aliphatic heterocycles. The van der Waals surface area contributed by atoms with Crippen LogP contribution in [0.2, 0.25) is 0 Å². The Morgan fingerprint density at radius 2 is 2.11 bits per heavy atom. The van der Waals surface area contributed by atoms with Gasteiger partial charge in [-0.25, -0.2) is 9.37 Å². The van der Waals surface area contributed by atoms with Gasteiger partial charge in [0.15, 0.2) is 5.16 Å². The van der Waals surface area contributed by atoms with Gasteiger partial charge in [-0.05, 0) is 24.6 Å². The molecule has 1 N–H and O–H groups in total. The van der Waals surface area contributed by atoms with Crippen LogP contribution in [0, 0.1) is 24.1 Å². The number of hydrogen-bond acceptors (Lipinski definition) is 6. The zero-order chi connectivity index (χ0) is 20.3. The van der Waals surface area contributed by atoms with Crippen molar-refractivity contribution >= 4 is 39.2 Å². The Balaban J connectivity index is 1.86. The zero-order valence-corrected chi connectivity index (χ0v) is 16.9. The van der Waals surface area contributed by atoms with E-state index in [1.54, 1.807) is 19.2 Å². The van der Waals surface area contributed by atoms with Gasteiger partial charge in [-0.3, -0.25) is 9.59 Å². The number of aromatic amines is 1. The third-order valence-electron chi connectivity index (χ3n) is 4.17. The van der Waals surface area contributed by atoms with Gasteiger partial charge in [0.2, 0.25) is 5.91 Å². The monoisotopic (exact) mass is 416 g/mol.